The zero-order chi connectivity index (χ0) is 9.42. The van der Waals surface area contributed by atoms with Crippen LogP contribution in [0.1, 0.15) is 0 Å². The molecule has 0 aromatic carbocycles. The second-order valence-electron chi connectivity index (χ2n) is 2.74. The average molecular weight is 179 g/mol. The maximum absolute atomic E-state index is 8.65. The maximum atomic E-state index is 8.65. The molecule has 6 nitrogen and oxygen atoms in total. The van der Waals surface area contributed by atoms with Crippen molar-refractivity contribution in [2.24, 2.45) is 7.05 Å². The molecule has 0 saturated carbocycles. The lowest BCUT2D eigenvalue weighted by Gasteiger charge is -2.01. The lowest BCUT2D eigenvalue weighted by Crippen LogP contribution is -1.98. The number of hydrogen-bond donors (Lipinski definition) is 3. The number of nitrogen functional groups attached to an aromatic ring is 1. The Bertz CT molecular complexity index is 449. The Labute approximate surface area is 74.0 Å². The first-order chi connectivity index (χ1) is 6.22. The molecule has 0 saturated heterocycles. The number of fused-ring (bicyclic) bond motifs is 1. The van der Waals surface area contributed by atoms with Gasteiger partial charge in [-0.05, 0) is 0 Å². The Kier molecular flexibility index (Phi) is 1.56. The van der Waals surface area contributed by atoms with Crippen molar-refractivity contribution in [1.82, 2.24) is 14.5 Å². The largest absolute Gasteiger partial charge is 0.397 e. The van der Waals surface area contributed by atoms with Crippen LogP contribution in [0.3, 0.4) is 0 Å². The molecule has 2 aromatic heterocycles. The summed E-state index contributed by atoms with van der Waals surface area (Å²) < 4.78 is 1.73. The molecule has 0 aliphatic carbocycles. The number of nitrogens with zero attached hydrogens (tertiary/aromatic N) is 3. The van der Waals surface area contributed by atoms with Crippen LogP contribution in [-0.2, 0) is 7.05 Å². The third-order valence-electron chi connectivity index (χ3n) is 1.81. The Morgan fingerprint density at radius 1 is 1.62 bits per heavy atom. The molecule has 0 aliphatic heterocycles. The molecule has 0 fully saturated rings. The van der Waals surface area contributed by atoms with Crippen molar-refractivity contribution in [3.05, 3.63) is 12.4 Å². The molecular weight excluding hydrogens is 170 g/mol. The van der Waals surface area contributed by atoms with Crippen LogP contribution < -0.4 is 11.2 Å². The third kappa shape index (κ3) is 1.07. The average Bonchev–Trinajstić information content (AvgIpc) is 2.48. The van der Waals surface area contributed by atoms with Crippen molar-refractivity contribution in [2.45, 2.75) is 0 Å². The number of aryl methyl sites for hydroxylation is 1. The molecule has 2 heterocycles. The van der Waals surface area contributed by atoms with Crippen molar-refractivity contribution < 1.29 is 5.21 Å². The van der Waals surface area contributed by atoms with Crippen LogP contribution in [0.5, 0.6) is 0 Å². The molecule has 0 atom stereocenters. The van der Waals surface area contributed by atoms with Gasteiger partial charge in [0.25, 0.3) is 0 Å². The summed E-state index contributed by atoms with van der Waals surface area (Å²) in [6.45, 7) is 0. The zero-order valence-electron chi connectivity index (χ0n) is 7.02. The highest BCUT2D eigenvalue weighted by atomic mass is 16.5. The number of nitrogens with one attached hydrogen (secondary N) is 1. The first-order valence-corrected chi connectivity index (χ1v) is 3.70. The molecule has 2 rings (SSSR count). The van der Waals surface area contributed by atoms with Gasteiger partial charge in [-0.25, -0.2) is 9.97 Å². The summed E-state index contributed by atoms with van der Waals surface area (Å²) in [5, 5.41) is 8.65. The van der Waals surface area contributed by atoms with Crippen molar-refractivity contribution in [3.8, 4) is 0 Å². The van der Waals surface area contributed by atoms with Gasteiger partial charge in [-0.1, -0.05) is 0 Å². The highest BCUT2D eigenvalue weighted by Crippen LogP contribution is 2.20. The van der Waals surface area contributed by atoms with Gasteiger partial charge in [0.2, 0.25) is 0 Å². The summed E-state index contributed by atoms with van der Waals surface area (Å²) in [4.78, 5) is 8.13. The van der Waals surface area contributed by atoms with E-state index < -0.39 is 0 Å². The smallest absolute Gasteiger partial charge is 0.164 e. The summed E-state index contributed by atoms with van der Waals surface area (Å²) in [5.74, 6) is 0.314. The summed E-state index contributed by atoms with van der Waals surface area (Å²) in [6.07, 6.45) is 1.62. The van der Waals surface area contributed by atoms with Gasteiger partial charge < -0.3 is 10.3 Å². The van der Waals surface area contributed by atoms with Crippen molar-refractivity contribution in [2.75, 3.05) is 11.2 Å². The van der Waals surface area contributed by atoms with E-state index >= 15 is 0 Å². The number of anilines is 2. The van der Waals surface area contributed by atoms with Crippen LogP contribution in [0, 0.1) is 0 Å². The van der Waals surface area contributed by atoms with E-state index in [2.05, 4.69) is 9.97 Å². The van der Waals surface area contributed by atoms with E-state index in [0.29, 0.717) is 22.7 Å². The van der Waals surface area contributed by atoms with Gasteiger partial charge >= 0.3 is 0 Å². The minimum Gasteiger partial charge on any atom is -0.397 e. The first kappa shape index (κ1) is 7.81. The quantitative estimate of drug-likeness (QED) is 0.550. The topological polar surface area (TPSA) is 89.0 Å². The SMILES string of the molecule is Cn1cnc2c(N)cc(NO)nc21. The van der Waals surface area contributed by atoms with Gasteiger partial charge in [0.05, 0.1) is 12.0 Å². The molecule has 0 spiro atoms. The molecule has 0 bridgehead atoms. The first-order valence-electron chi connectivity index (χ1n) is 3.70. The lowest BCUT2D eigenvalue weighted by molar-refractivity contribution is 0.386. The van der Waals surface area contributed by atoms with Gasteiger partial charge in [-0.2, -0.15) is 0 Å². The summed E-state index contributed by atoms with van der Waals surface area (Å²) in [5.41, 5.74) is 9.39. The second kappa shape index (κ2) is 2.60. The van der Waals surface area contributed by atoms with Gasteiger partial charge in [-0.15, -0.1) is 0 Å². The van der Waals surface area contributed by atoms with Crippen LogP contribution in [0.4, 0.5) is 11.5 Å². The Balaban J connectivity index is 2.80. The van der Waals surface area contributed by atoms with Crippen LogP contribution in [-0.4, -0.2) is 19.7 Å². The molecule has 0 unspecified atom stereocenters. The molecule has 4 N–H and O–H groups in total. The van der Waals surface area contributed by atoms with E-state index in [1.807, 2.05) is 12.5 Å². The van der Waals surface area contributed by atoms with E-state index in [1.54, 1.807) is 10.9 Å². The van der Waals surface area contributed by atoms with E-state index in [4.69, 9.17) is 10.9 Å². The molecule has 6 heteroatoms. The van der Waals surface area contributed by atoms with Gasteiger partial charge in [-0.3, -0.25) is 10.7 Å². The third-order valence-corrected chi connectivity index (χ3v) is 1.81. The standard InChI is InChI=1S/C7H9N5O/c1-12-3-9-6-4(8)2-5(11-13)10-7(6)12/h2-3,13H,1H3,(H3,8,10,11). The van der Waals surface area contributed by atoms with Gasteiger partial charge in [0.1, 0.15) is 5.52 Å². The molecule has 68 valence electrons. The fourth-order valence-electron chi connectivity index (χ4n) is 1.18. The monoisotopic (exact) mass is 179 g/mol. The minimum atomic E-state index is 0.314. The maximum Gasteiger partial charge on any atom is 0.164 e. The molecule has 13 heavy (non-hydrogen) atoms. The van der Waals surface area contributed by atoms with Crippen LogP contribution in [0.2, 0.25) is 0 Å². The van der Waals surface area contributed by atoms with Crippen LogP contribution in [0.25, 0.3) is 11.2 Å². The van der Waals surface area contributed by atoms with Crippen molar-refractivity contribution in [3.63, 3.8) is 0 Å². The molecule has 0 amide bonds. The fourth-order valence-corrected chi connectivity index (χ4v) is 1.18. The number of nitrogens with two attached hydrogens (primary N) is 1. The summed E-state index contributed by atoms with van der Waals surface area (Å²) >= 11 is 0. The number of hydrogen-bond acceptors (Lipinski definition) is 5. The number of imidazole rings is 1. The second-order valence-corrected chi connectivity index (χ2v) is 2.74. The molecule has 2 aromatic rings. The summed E-state index contributed by atoms with van der Waals surface area (Å²) in [7, 11) is 1.81. The predicted molar refractivity (Wildman–Crippen MR) is 48.3 cm³/mol. The molecule has 0 aliphatic rings. The molecular formula is C7H9N5O. The highest BCUT2D eigenvalue weighted by molar-refractivity contribution is 5.86. The van der Waals surface area contributed by atoms with Crippen molar-refractivity contribution >= 4 is 22.7 Å². The Morgan fingerprint density at radius 3 is 3.08 bits per heavy atom. The molecule has 0 radical (unpaired) electrons. The highest BCUT2D eigenvalue weighted by Gasteiger charge is 2.06. The summed E-state index contributed by atoms with van der Waals surface area (Å²) in [6, 6.07) is 1.52. The Morgan fingerprint density at radius 2 is 2.38 bits per heavy atom. The van der Waals surface area contributed by atoms with Gasteiger partial charge in [0, 0.05) is 13.1 Å². The Hall–Kier alpha value is -1.82. The minimum absolute atomic E-state index is 0.314. The number of pyridine rings is 1. The number of rotatable bonds is 1. The van der Waals surface area contributed by atoms with E-state index in [9.17, 15) is 0 Å². The number of aromatic nitrogens is 3. The zero-order valence-corrected chi connectivity index (χ0v) is 7.02. The van der Waals surface area contributed by atoms with E-state index in [0.717, 1.165) is 0 Å². The van der Waals surface area contributed by atoms with Crippen molar-refractivity contribution in [1.29, 1.82) is 0 Å². The fraction of sp³-hybridized carbons (Fsp3) is 0.143. The van der Waals surface area contributed by atoms with Gasteiger partial charge in [0.15, 0.2) is 11.5 Å². The van der Waals surface area contributed by atoms with E-state index in [-0.39, 0.29) is 0 Å². The predicted octanol–water partition coefficient (Wildman–Crippen LogP) is 0.352. The van der Waals surface area contributed by atoms with Crippen LogP contribution >= 0.6 is 0 Å². The normalized spacial score (nSPS) is 10.6. The van der Waals surface area contributed by atoms with Crippen LogP contribution in [0.15, 0.2) is 12.4 Å². The lowest BCUT2D eigenvalue weighted by atomic mass is 10.3. The van der Waals surface area contributed by atoms with E-state index in [1.165, 1.54) is 6.07 Å².